The standard InChI is InChI=1S/C22H30ClN5O2S/c1-14(2)19(25-21(30)16-11-7-8-12-17(16)23)20-26-27-22(28(20)3)31-13-18(29)24-15-9-5-4-6-10-15/h7-8,11-12,14-15,19H,4-6,9-10,13H2,1-3H3,(H,24,29)(H,25,30). The lowest BCUT2D eigenvalue weighted by atomic mass is 9.95. The van der Waals surface area contributed by atoms with Gasteiger partial charge in [-0.2, -0.15) is 0 Å². The molecule has 0 bridgehead atoms. The zero-order valence-electron chi connectivity index (χ0n) is 18.2. The van der Waals surface area contributed by atoms with Crippen molar-refractivity contribution < 1.29 is 9.59 Å². The number of rotatable bonds is 8. The number of nitrogens with zero attached hydrogens (tertiary/aromatic N) is 3. The van der Waals surface area contributed by atoms with Crippen LogP contribution in [0, 0.1) is 5.92 Å². The molecule has 1 aromatic heterocycles. The molecule has 1 fully saturated rings. The Morgan fingerprint density at radius 1 is 1.19 bits per heavy atom. The lowest BCUT2D eigenvalue weighted by Gasteiger charge is -2.22. The van der Waals surface area contributed by atoms with Gasteiger partial charge in [-0.3, -0.25) is 9.59 Å². The Hall–Kier alpha value is -2.06. The van der Waals surface area contributed by atoms with E-state index in [4.69, 9.17) is 11.6 Å². The van der Waals surface area contributed by atoms with Crippen LogP contribution in [0.15, 0.2) is 29.4 Å². The number of hydrogen-bond donors (Lipinski definition) is 2. The smallest absolute Gasteiger partial charge is 0.253 e. The average molecular weight is 464 g/mol. The minimum Gasteiger partial charge on any atom is -0.353 e. The molecular weight excluding hydrogens is 434 g/mol. The molecule has 168 valence electrons. The van der Waals surface area contributed by atoms with E-state index in [0.29, 0.717) is 33.4 Å². The van der Waals surface area contributed by atoms with E-state index in [1.54, 1.807) is 24.3 Å². The molecule has 31 heavy (non-hydrogen) atoms. The van der Waals surface area contributed by atoms with Crippen LogP contribution < -0.4 is 10.6 Å². The molecule has 3 rings (SSSR count). The fourth-order valence-corrected chi connectivity index (χ4v) is 4.71. The fraction of sp³-hybridized carbons (Fsp3) is 0.545. The predicted molar refractivity (Wildman–Crippen MR) is 123 cm³/mol. The summed E-state index contributed by atoms with van der Waals surface area (Å²) in [6.07, 6.45) is 5.74. The van der Waals surface area contributed by atoms with Gasteiger partial charge in [0.05, 0.1) is 22.4 Å². The van der Waals surface area contributed by atoms with Crippen LogP contribution in [0.2, 0.25) is 5.02 Å². The van der Waals surface area contributed by atoms with Crippen molar-refractivity contribution in [3.05, 3.63) is 40.7 Å². The van der Waals surface area contributed by atoms with Crippen LogP contribution in [0.3, 0.4) is 0 Å². The number of carbonyl (C=O) groups is 2. The molecule has 0 radical (unpaired) electrons. The third-order valence-electron chi connectivity index (χ3n) is 5.52. The molecule has 1 saturated carbocycles. The first-order valence-electron chi connectivity index (χ1n) is 10.7. The summed E-state index contributed by atoms with van der Waals surface area (Å²) >= 11 is 7.52. The summed E-state index contributed by atoms with van der Waals surface area (Å²) in [7, 11) is 1.85. The maximum absolute atomic E-state index is 12.8. The molecule has 9 heteroatoms. The van der Waals surface area contributed by atoms with E-state index in [0.717, 1.165) is 12.8 Å². The first-order valence-corrected chi connectivity index (χ1v) is 12.1. The van der Waals surface area contributed by atoms with E-state index < -0.39 is 0 Å². The van der Waals surface area contributed by atoms with Crippen molar-refractivity contribution >= 4 is 35.2 Å². The largest absolute Gasteiger partial charge is 0.353 e. The van der Waals surface area contributed by atoms with Crippen LogP contribution in [0.4, 0.5) is 0 Å². The van der Waals surface area contributed by atoms with Crippen LogP contribution in [0.5, 0.6) is 0 Å². The van der Waals surface area contributed by atoms with Crippen LogP contribution in [0.1, 0.15) is 68.2 Å². The van der Waals surface area contributed by atoms with Gasteiger partial charge in [0, 0.05) is 13.1 Å². The quantitative estimate of drug-likeness (QED) is 0.574. The summed E-state index contributed by atoms with van der Waals surface area (Å²) in [6.45, 7) is 4.02. The van der Waals surface area contributed by atoms with Crippen LogP contribution in [-0.2, 0) is 11.8 Å². The van der Waals surface area contributed by atoms with Gasteiger partial charge in [0.25, 0.3) is 5.91 Å². The average Bonchev–Trinajstić information content (AvgIpc) is 3.11. The van der Waals surface area contributed by atoms with Crippen LogP contribution in [0.25, 0.3) is 0 Å². The molecule has 1 unspecified atom stereocenters. The number of benzene rings is 1. The molecule has 1 atom stereocenters. The zero-order valence-corrected chi connectivity index (χ0v) is 19.8. The van der Waals surface area contributed by atoms with Gasteiger partial charge in [-0.15, -0.1) is 10.2 Å². The second-order valence-electron chi connectivity index (χ2n) is 8.27. The van der Waals surface area contributed by atoms with Crippen LogP contribution in [-0.4, -0.2) is 38.4 Å². The van der Waals surface area contributed by atoms with Gasteiger partial charge >= 0.3 is 0 Å². The maximum Gasteiger partial charge on any atom is 0.253 e. The molecule has 1 aliphatic rings. The Kier molecular flexibility index (Phi) is 8.37. The molecule has 1 heterocycles. The van der Waals surface area contributed by atoms with Gasteiger partial charge in [0.2, 0.25) is 5.91 Å². The lowest BCUT2D eigenvalue weighted by molar-refractivity contribution is -0.119. The van der Waals surface area contributed by atoms with E-state index >= 15 is 0 Å². The minimum atomic E-state index is -0.341. The third-order valence-corrected chi connectivity index (χ3v) is 6.87. The van der Waals surface area contributed by atoms with Gasteiger partial charge in [-0.05, 0) is 30.9 Å². The number of carbonyl (C=O) groups excluding carboxylic acids is 2. The fourth-order valence-electron chi connectivity index (χ4n) is 3.76. The molecule has 2 N–H and O–H groups in total. The molecule has 1 aromatic carbocycles. The summed E-state index contributed by atoms with van der Waals surface area (Å²) < 4.78 is 1.84. The normalized spacial score (nSPS) is 15.6. The van der Waals surface area contributed by atoms with Crippen molar-refractivity contribution in [2.45, 2.75) is 63.2 Å². The topological polar surface area (TPSA) is 88.9 Å². The Balaban J connectivity index is 1.63. The first kappa shape index (κ1) is 23.6. The number of halogens is 1. The Morgan fingerprint density at radius 2 is 1.90 bits per heavy atom. The van der Waals surface area contributed by atoms with Crippen LogP contribution >= 0.6 is 23.4 Å². The summed E-state index contributed by atoms with van der Waals surface area (Å²) in [5, 5.41) is 15.8. The Labute approximate surface area is 192 Å². The zero-order chi connectivity index (χ0) is 22.4. The Bertz CT molecular complexity index is 911. The predicted octanol–water partition coefficient (Wildman–Crippen LogP) is 4.14. The minimum absolute atomic E-state index is 0.0221. The van der Waals surface area contributed by atoms with Crippen molar-refractivity contribution in [1.29, 1.82) is 0 Å². The van der Waals surface area contributed by atoms with Gasteiger partial charge < -0.3 is 15.2 Å². The van der Waals surface area contributed by atoms with Gasteiger partial charge in [0.15, 0.2) is 11.0 Å². The molecule has 2 amide bonds. The summed E-state index contributed by atoms with van der Waals surface area (Å²) in [5.74, 6) is 0.787. The van der Waals surface area contributed by atoms with E-state index in [9.17, 15) is 9.59 Å². The molecule has 0 aliphatic heterocycles. The summed E-state index contributed by atoms with van der Waals surface area (Å²) in [6, 6.07) is 6.90. The van der Waals surface area contributed by atoms with Gasteiger partial charge in [0.1, 0.15) is 0 Å². The van der Waals surface area contributed by atoms with Crippen molar-refractivity contribution in [2.75, 3.05) is 5.75 Å². The van der Waals surface area contributed by atoms with Crippen molar-refractivity contribution in [3.8, 4) is 0 Å². The summed E-state index contributed by atoms with van der Waals surface area (Å²) in [4.78, 5) is 25.1. The molecule has 2 aromatic rings. The first-order chi connectivity index (χ1) is 14.9. The number of thioether (sulfide) groups is 1. The number of hydrogen-bond acceptors (Lipinski definition) is 5. The lowest BCUT2D eigenvalue weighted by Crippen LogP contribution is -2.37. The van der Waals surface area contributed by atoms with E-state index in [1.165, 1.54) is 31.0 Å². The highest BCUT2D eigenvalue weighted by Gasteiger charge is 2.26. The molecule has 1 aliphatic carbocycles. The number of aromatic nitrogens is 3. The SMILES string of the molecule is CC(C)C(NC(=O)c1ccccc1Cl)c1nnc(SCC(=O)NC2CCCCC2)n1C. The second-order valence-corrected chi connectivity index (χ2v) is 9.62. The van der Waals surface area contributed by atoms with Crippen molar-refractivity contribution in [3.63, 3.8) is 0 Å². The van der Waals surface area contributed by atoms with Gasteiger partial charge in [-0.1, -0.05) is 68.6 Å². The van der Waals surface area contributed by atoms with Gasteiger partial charge in [-0.25, -0.2) is 0 Å². The number of nitrogens with one attached hydrogen (secondary N) is 2. The van der Waals surface area contributed by atoms with E-state index in [2.05, 4.69) is 20.8 Å². The maximum atomic E-state index is 12.8. The number of amides is 2. The van der Waals surface area contributed by atoms with E-state index in [-0.39, 0.29) is 23.8 Å². The van der Waals surface area contributed by atoms with Crippen molar-refractivity contribution in [1.82, 2.24) is 25.4 Å². The highest BCUT2D eigenvalue weighted by molar-refractivity contribution is 7.99. The molecule has 7 nitrogen and oxygen atoms in total. The highest BCUT2D eigenvalue weighted by Crippen LogP contribution is 2.25. The Morgan fingerprint density at radius 3 is 2.58 bits per heavy atom. The van der Waals surface area contributed by atoms with E-state index in [1.807, 2.05) is 25.5 Å². The molecular formula is C22H30ClN5O2S. The molecule has 0 saturated heterocycles. The monoisotopic (exact) mass is 463 g/mol. The van der Waals surface area contributed by atoms with Crippen molar-refractivity contribution in [2.24, 2.45) is 13.0 Å². The third kappa shape index (κ3) is 6.23. The summed E-state index contributed by atoms with van der Waals surface area (Å²) in [5.41, 5.74) is 0.422. The molecule has 0 spiro atoms. The second kappa shape index (κ2) is 11.0. The highest BCUT2D eigenvalue weighted by atomic mass is 35.5.